The van der Waals surface area contributed by atoms with Gasteiger partial charge in [0.15, 0.2) is 4.90 Å². The highest BCUT2D eigenvalue weighted by atomic mass is 32.2. The van der Waals surface area contributed by atoms with E-state index in [1.54, 1.807) is 24.3 Å². The number of amides is 1. The molecule has 0 bridgehead atoms. The molecule has 0 aliphatic heterocycles. The highest BCUT2D eigenvalue weighted by Gasteiger charge is 2.25. The normalized spacial score (nSPS) is 11.1. The second kappa shape index (κ2) is 5.94. The van der Waals surface area contributed by atoms with Crippen LogP contribution < -0.4 is 10.5 Å². The molecule has 0 spiro atoms. The summed E-state index contributed by atoms with van der Waals surface area (Å²) in [5, 5.41) is 10.6. The van der Waals surface area contributed by atoms with Crippen molar-refractivity contribution in [1.82, 2.24) is 5.16 Å². The maximum Gasteiger partial charge on any atom is 0.414 e. The van der Waals surface area contributed by atoms with E-state index in [4.69, 9.17) is 14.4 Å². The maximum atomic E-state index is 11.6. The average Bonchev–Trinajstić information content (AvgIpc) is 2.78. The van der Waals surface area contributed by atoms with E-state index in [0.717, 1.165) is 5.56 Å². The number of anilines is 1. The zero-order valence-corrected chi connectivity index (χ0v) is 11.9. The standard InChI is InChI=1S/C12H13N3O5S/c1-8-10(21(13,17)18)11(20-15-8)14-12(16)19-7-9-5-3-2-4-6-9/h2-6H,7H2,1H3,(H,14,16)(H2,13,17,18). The van der Waals surface area contributed by atoms with Crippen molar-refractivity contribution in [3.8, 4) is 0 Å². The Hall–Kier alpha value is -2.39. The Bertz CT molecular complexity index is 740. The molecule has 9 heteroatoms. The van der Waals surface area contributed by atoms with Gasteiger partial charge in [-0.1, -0.05) is 35.5 Å². The number of hydrogen-bond donors (Lipinski definition) is 2. The Morgan fingerprint density at radius 1 is 1.38 bits per heavy atom. The van der Waals surface area contributed by atoms with Gasteiger partial charge in [0, 0.05) is 0 Å². The maximum absolute atomic E-state index is 11.6. The van der Waals surface area contributed by atoms with Crippen LogP contribution in [0.2, 0.25) is 0 Å². The lowest BCUT2D eigenvalue weighted by Crippen LogP contribution is -2.18. The molecule has 21 heavy (non-hydrogen) atoms. The number of nitrogens with one attached hydrogen (secondary N) is 1. The van der Waals surface area contributed by atoms with E-state index in [0.29, 0.717) is 0 Å². The van der Waals surface area contributed by atoms with Crippen molar-refractivity contribution < 1.29 is 22.5 Å². The molecule has 0 aliphatic rings. The van der Waals surface area contributed by atoms with Crippen LogP contribution in [0.5, 0.6) is 0 Å². The van der Waals surface area contributed by atoms with Crippen molar-refractivity contribution in [3.05, 3.63) is 41.6 Å². The monoisotopic (exact) mass is 311 g/mol. The van der Waals surface area contributed by atoms with Gasteiger partial charge in [-0.2, -0.15) is 0 Å². The minimum absolute atomic E-state index is 0.0322. The molecule has 8 nitrogen and oxygen atoms in total. The number of benzene rings is 1. The molecule has 1 aromatic heterocycles. The predicted octanol–water partition coefficient (Wildman–Crippen LogP) is 1.38. The Morgan fingerprint density at radius 2 is 2.05 bits per heavy atom. The van der Waals surface area contributed by atoms with Crippen LogP contribution >= 0.6 is 0 Å². The fourth-order valence-electron chi connectivity index (χ4n) is 1.63. The summed E-state index contributed by atoms with van der Waals surface area (Å²) >= 11 is 0. The van der Waals surface area contributed by atoms with Gasteiger partial charge in [0.1, 0.15) is 12.3 Å². The van der Waals surface area contributed by atoms with Gasteiger partial charge in [-0.15, -0.1) is 0 Å². The number of carbonyl (C=O) groups excluding carboxylic acids is 1. The van der Waals surface area contributed by atoms with Crippen molar-refractivity contribution in [3.63, 3.8) is 0 Å². The van der Waals surface area contributed by atoms with Gasteiger partial charge in [0.25, 0.3) is 5.88 Å². The molecule has 1 amide bonds. The summed E-state index contributed by atoms with van der Waals surface area (Å²) < 4.78 is 32.4. The minimum atomic E-state index is -4.06. The van der Waals surface area contributed by atoms with E-state index in [2.05, 4.69) is 10.5 Å². The number of primary sulfonamides is 1. The molecule has 3 N–H and O–H groups in total. The summed E-state index contributed by atoms with van der Waals surface area (Å²) in [5.74, 6) is -0.368. The molecule has 1 aromatic carbocycles. The Labute approximate surface area is 120 Å². The topological polar surface area (TPSA) is 125 Å². The lowest BCUT2D eigenvalue weighted by molar-refractivity contribution is 0.154. The first-order valence-corrected chi connectivity index (χ1v) is 7.39. The van der Waals surface area contributed by atoms with Crippen molar-refractivity contribution in [1.29, 1.82) is 0 Å². The highest BCUT2D eigenvalue weighted by molar-refractivity contribution is 7.89. The van der Waals surface area contributed by atoms with Gasteiger partial charge in [-0.05, 0) is 12.5 Å². The number of sulfonamides is 1. The third-order valence-electron chi connectivity index (χ3n) is 2.52. The van der Waals surface area contributed by atoms with E-state index in [1.807, 2.05) is 6.07 Å². The Balaban J connectivity index is 2.04. The molecule has 0 saturated carbocycles. The van der Waals surface area contributed by atoms with Crippen LogP contribution in [0.25, 0.3) is 0 Å². The fraction of sp³-hybridized carbons (Fsp3) is 0.167. The molecule has 0 aliphatic carbocycles. The van der Waals surface area contributed by atoms with Crippen LogP contribution in [-0.4, -0.2) is 19.7 Å². The van der Waals surface area contributed by atoms with Gasteiger partial charge < -0.3 is 9.26 Å². The SMILES string of the molecule is Cc1noc(NC(=O)OCc2ccccc2)c1S(N)(=O)=O. The third kappa shape index (κ3) is 3.80. The zero-order chi connectivity index (χ0) is 15.5. The van der Waals surface area contributed by atoms with Gasteiger partial charge >= 0.3 is 6.09 Å². The predicted molar refractivity (Wildman–Crippen MR) is 72.9 cm³/mol. The number of aromatic nitrogens is 1. The number of nitrogens with zero attached hydrogens (tertiary/aromatic N) is 1. The van der Waals surface area contributed by atoms with Crippen molar-refractivity contribution in [2.24, 2.45) is 5.14 Å². The molecular weight excluding hydrogens is 298 g/mol. The molecule has 1 heterocycles. The lowest BCUT2D eigenvalue weighted by atomic mass is 10.2. The molecule has 2 rings (SSSR count). The summed E-state index contributed by atoms with van der Waals surface area (Å²) in [6, 6.07) is 8.99. The Morgan fingerprint density at radius 3 is 2.67 bits per heavy atom. The summed E-state index contributed by atoms with van der Waals surface area (Å²) in [6.07, 6.45) is -0.875. The number of nitrogens with two attached hydrogens (primary N) is 1. The highest BCUT2D eigenvalue weighted by Crippen LogP contribution is 2.23. The van der Waals surface area contributed by atoms with Crippen LogP contribution in [0.15, 0.2) is 39.8 Å². The summed E-state index contributed by atoms with van der Waals surface area (Å²) in [5.41, 5.74) is 0.837. The smallest absolute Gasteiger partial charge is 0.414 e. The van der Waals surface area contributed by atoms with E-state index >= 15 is 0 Å². The van der Waals surface area contributed by atoms with E-state index in [1.165, 1.54) is 6.92 Å². The van der Waals surface area contributed by atoms with Gasteiger partial charge in [-0.25, -0.2) is 18.4 Å². The molecule has 112 valence electrons. The van der Waals surface area contributed by atoms with Crippen molar-refractivity contribution in [2.45, 2.75) is 18.4 Å². The number of carbonyl (C=O) groups is 1. The largest absolute Gasteiger partial charge is 0.444 e. The number of hydrogen-bond acceptors (Lipinski definition) is 6. The quantitative estimate of drug-likeness (QED) is 0.878. The molecule has 0 saturated heterocycles. The van der Waals surface area contributed by atoms with E-state index in [9.17, 15) is 13.2 Å². The molecule has 0 radical (unpaired) electrons. The number of aryl methyl sites for hydroxylation is 1. The number of rotatable bonds is 4. The Kier molecular flexibility index (Phi) is 4.24. The molecule has 2 aromatic rings. The van der Waals surface area contributed by atoms with Gasteiger partial charge in [-0.3, -0.25) is 5.32 Å². The fourth-order valence-corrected chi connectivity index (χ4v) is 2.42. The van der Waals surface area contributed by atoms with Gasteiger partial charge in [0.2, 0.25) is 10.0 Å². The molecule has 0 unspecified atom stereocenters. The third-order valence-corrected chi connectivity index (χ3v) is 3.57. The van der Waals surface area contributed by atoms with E-state index < -0.39 is 16.1 Å². The lowest BCUT2D eigenvalue weighted by Gasteiger charge is -2.05. The van der Waals surface area contributed by atoms with E-state index in [-0.39, 0.29) is 23.1 Å². The van der Waals surface area contributed by atoms with Crippen LogP contribution in [0.3, 0.4) is 0 Å². The zero-order valence-electron chi connectivity index (χ0n) is 11.1. The summed E-state index contributed by atoms with van der Waals surface area (Å²) in [7, 11) is -4.06. The van der Waals surface area contributed by atoms with Crippen LogP contribution in [0.4, 0.5) is 10.7 Å². The van der Waals surface area contributed by atoms with Gasteiger partial charge in [0.05, 0.1) is 0 Å². The second-order valence-corrected chi connectivity index (χ2v) is 5.66. The first kappa shape index (κ1) is 15.0. The van der Waals surface area contributed by atoms with Crippen LogP contribution in [0.1, 0.15) is 11.3 Å². The van der Waals surface area contributed by atoms with Crippen LogP contribution in [-0.2, 0) is 21.4 Å². The summed E-state index contributed by atoms with van der Waals surface area (Å²) in [6.45, 7) is 1.42. The molecule has 0 fully saturated rings. The first-order valence-electron chi connectivity index (χ1n) is 5.84. The van der Waals surface area contributed by atoms with Crippen LogP contribution in [0, 0.1) is 6.92 Å². The summed E-state index contributed by atoms with van der Waals surface area (Å²) in [4.78, 5) is 11.2. The van der Waals surface area contributed by atoms with Crippen molar-refractivity contribution in [2.75, 3.05) is 5.32 Å². The minimum Gasteiger partial charge on any atom is -0.444 e. The first-order chi connectivity index (χ1) is 9.88. The molecular formula is C12H13N3O5S. The molecule has 0 atom stereocenters. The number of ether oxygens (including phenoxy) is 1. The second-order valence-electron chi connectivity index (χ2n) is 4.16. The average molecular weight is 311 g/mol. The van der Waals surface area contributed by atoms with Crippen molar-refractivity contribution >= 4 is 22.0 Å².